The quantitative estimate of drug-likeness (QED) is 0.522. The molecule has 0 saturated heterocycles. The summed E-state index contributed by atoms with van der Waals surface area (Å²) in [5.41, 5.74) is -3.90. The summed E-state index contributed by atoms with van der Waals surface area (Å²) in [5.74, 6) is -2.50. The molecule has 0 bridgehead atoms. The predicted octanol–water partition coefficient (Wildman–Crippen LogP) is 5.43. The van der Waals surface area contributed by atoms with Gasteiger partial charge in [-0.2, -0.15) is 26.3 Å². The number of carbonyl (C=O) groups excluding carboxylic acids is 1. The highest BCUT2D eigenvalue weighted by molar-refractivity contribution is 6.05. The van der Waals surface area contributed by atoms with Crippen LogP contribution in [-0.4, -0.2) is 12.1 Å². The molecule has 0 aliphatic carbocycles. The van der Waals surface area contributed by atoms with Gasteiger partial charge in [-0.25, -0.2) is 8.78 Å². The number of benzene rings is 2. The molecule has 2 rings (SSSR count). The Labute approximate surface area is 153 Å². The van der Waals surface area contributed by atoms with E-state index in [1.54, 1.807) is 5.32 Å². The molecule has 3 nitrogen and oxygen atoms in total. The Morgan fingerprint density at radius 3 is 2.14 bits per heavy atom. The first kappa shape index (κ1) is 21.5. The average molecular weight is 412 g/mol. The fourth-order valence-corrected chi connectivity index (χ4v) is 2.26. The number of nitrogens with two attached hydrogens (primary N) is 1. The van der Waals surface area contributed by atoms with Gasteiger partial charge in [0.25, 0.3) is 5.91 Å². The third kappa shape index (κ3) is 4.02. The van der Waals surface area contributed by atoms with Gasteiger partial charge >= 0.3 is 12.4 Å². The zero-order valence-corrected chi connectivity index (χ0v) is 14.0. The molecule has 0 saturated carbocycles. The minimum atomic E-state index is -5.47. The molecule has 0 aliphatic heterocycles. The molecule has 11 heteroatoms. The fourth-order valence-electron chi connectivity index (χ4n) is 2.26. The van der Waals surface area contributed by atoms with Crippen LogP contribution in [0, 0.1) is 5.82 Å². The number of alkyl halides is 7. The molecule has 0 fully saturated rings. The number of carbonyl (C=O) groups is 1. The Morgan fingerprint density at radius 2 is 1.61 bits per heavy atom. The number of hydrogen-bond acceptors (Lipinski definition) is 2. The second-order valence-corrected chi connectivity index (χ2v) is 5.92. The van der Waals surface area contributed by atoms with Crippen LogP contribution in [0.3, 0.4) is 0 Å². The monoisotopic (exact) mass is 412 g/mol. The summed E-state index contributed by atoms with van der Waals surface area (Å²) in [6.45, 7) is 0.0723. The maximum Gasteiger partial charge on any atom is 0.426 e. The van der Waals surface area contributed by atoms with Gasteiger partial charge in [-0.05, 0) is 36.8 Å². The van der Waals surface area contributed by atoms with Crippen LogP contribution in [0.5, 0.6) is 0 Å². The van der Waals surface area contributed by atoms with Crippen molar-refractivity contribution in [3.63, 3.8) is 0 Å². The highest BCUT2D eigenvalue weighted by atomic mass is 19.4. The maximum atomic E-state index is 14.0. The molecule has 2 aromatic rings. The summed E-state index contributed by atoms with van der Waals surface area (Å²) in [7, 11) is 0. The lowest BCUT2D eigenvalue weighted by atomic mass is 9.94. The normalized spacial score (nSPS) is 14.5. The van der Waals surface area contributed by atoms with Crippen LogP contribution >= 0.6 is 0 Å². The Hall–Kier alpha value is -2.85. The molecular formula is C17H12F8N2O. The van der Waals surface area contributed by atoms with Crippen molar-refractivity contribution >= 4 is 17.3 Å². The number of hydrogen-bond donors (Lipinski definition) is 2. The molecule has 0 heterocycles. The van der Waals surface area contributed by atoms with Crippen LogP contribution in [0.4, 0.5) is 46.5 Å². The van der Waals surface area contributed by atoms with Gasteiger partial charge in [0.1, 0.15) is 0 Å². The molecule has 1 atom stereocenters. The van der Waals surface area contributed by atoms with Crippen molar-refractivity contribution in [1.82, 2.24) is 0 Å². The number of anilines is 2. The number of nitrogens with one attached hydrogen (secondary N) is 1. The Balaban J connectivity index is 2.51. The van der Waals surface area contributed by atoms with Crippen LogP contribution in [0.1, 0.15) is 28.4 Å². The van der Waals surface area contributed by atoms with Crippen LogP contribution in [-0.2, 0) is 11.8 Å². The van der Waals surface area contributed by atoms with Crippen molar-refractivity contribution in [3.05, 3.63) is 58.9 Å². The lowest BCUT2D eigenvalue weighted by Crippen LogP contribution is -2.35. The van der Waals surface area contributed by atoms with E-state index in [0.717, 1.165) is 12.1 Å². The molecule has 0 aliphatic rings. The van der Waals surface area contributed by atoms with E-state index < -0.39 is 57.8 Å². The lowest BCUT2D eigenvalue weighted by Gasteiger charge is -2.25. The van der Waals surface area contributed by atoms with Gasteiger partial charge in [0, 0.05) is 0 Å². The van der Waals surface area contributed by atoms with Crippen LogP contribution < -0.4 is 11.1 Å². The van der Waals surface area contributed by atoms with Crippen LogP contribution in [0.15, 0.2) is 36.4 Å². The van der Waals surface area contributed by atoms with Crippen molar-refractivity contribution in [1.29, 1.82) is 0 Å². The van der Waals surface area contributed by atoms with Gasteiger partial charge < -0.3 is 11.1 Å². The SMILES string of the molecule is CC(F)(c1ccc(NC(=O)c2cccc(N)c2F)c(C(F)(F)F)c1)C(F)(F)F. The number of nitrogen functional groups attached to an aromatic ring is 1. The molecule has 0 aromatic heterocycles. The van der Waals surface area contributed by atoms with E-state index >= 15 is 0 Å². The van der Waals surface area contributed by atoms with Crippen molar-refractivity contribution in [2.45, 2.75) is 24.9 Å². The summed E-state index contributed by atoms with van der Waals surface area (Å²) in [6.07, 6.45) is -10.7. The van der Waals surface area contributed by atoms with E-state index in [0.29, 0.717) is 12.1 Å². The molecule has 0 radical (unpaired) electrons. The fraction of sp³-hybridized carbons (Fsp3) is 0.235. The average Bonchev–Trinajstić information content (AvgIpc) is 2.55. The highest BCUT2D eigenvalue weighted by Crippen LogP contribution is 2.45. The van der Waals surface area contributed by atoms with E-state index in [4.69, 9.17) is 5.73 Å². The first-order chi connectivity index (χ1) is 12.7. The summed E-state index contributed by atoms with van der Waals surface area (Å²) in [4.78, 5) is 12.1. The molecule has 152 valence electrons. The second kappa shape index (κ2) is 6.95. The van der Waals surface area contributed by atoms with Gasteiger partial charge in [-0.15, -0.1) is 0 Å². The molecular weight excluding hydrogens is 400 g/mol. The van der Waals surface area contributed by atoms with Crippen LogP contribution in [0.25, 0.3) is 0 Å². The topological polar surface area (TPSA) is 55.1 Å². The van der Waals surface area contributed by atoms with E-state index in [1.807, 2.05) is 0 Å². The summed E-state index contributed by atoms with van der Waals surface area (Å²) in [6, 6.07) is 4.10. The third-order valence-electron chi connectivity index (χ3n) is 3.92. The minimum Gasteiger partial charge on any atom is -0.396 e. The predicted molar refractivity (Wildman–Crippen MR) is 84.7 cm³/mol. The number of halogens is 8. The Morgan fingerprint density at radius 1 is 1.00 bits per heavy atom. The highest BCUT2D eigenvalue weighted by Gasteiger charge is 2.54. The van der Waals surface area contributed by atoms with Gasteiger partial charge in [0.2, 0.25) is 5.67 Å². The Kier molecular flexibility index (Phi) is 5.33. The Bertz CT molecular complexity index is 903. The maximum absolute atomic E-state index is 14.0. The van der Waals surface area contributed by atoms with Gasteiger partial charge in [0.15, 0.2) is 5.82 Å². The van der Waals surface area contributed by atoms with E-state index in [9.17, 15) is 39.9 Å². The van der Waals surface area contributed by atoms with E-state index in [2.05, 4.69) is 0 Å². The minimum absolute atomic E-state index is 0.0567. The third-order valence-corrected chi connectivity index (χ3v) is 3.92. The molecule has 0 spiro atoms. The zero-order valence-electron chi connectivity index (χ0n) is 14.0. The van der Waals surface area contributed by atoms with Gasteiger partial charge in [-0.1, -0.05) is 12.1 Å². The van der Waals surface area contributed by atoms with Crippen molar-refractivity contribution in [2.75, 3.05) is 11.1 Å². The first-order valence-electron chi connectivity index (χ1n) is 7.49. The molecule has 28 heavy (non-hydrogen) atoms. The lowest BCUT2D eigenvalue weighted by molar-refractivity contribution is -0.228. The first-order valence-corrected chi connectivity index (χ1v) is 7.49. The van der Waals surface area contributed by atoms with Crippen molar-refractivity contribution < 1.29 is 39.9 Å². The zero-order chi connectivity index (χ0) is 21.5. The smallest absolute Gasteiger partial charge is 0.396 e. The number of amides is 1. The summed E-state index contributed by atoms with van der Waals surface area (Å²) < 4.78 is 106. The molecule has 3 N–H and O–H groups in total. The summed E-state index contributed by atoms with van der Waals surface area (Å²) >= 11 is 0. The van der Waals surface area contributed by atoms with Crippen LogP contribution in [0.2, 0.25) is 0 Å². The second-order valence-electron chi connectivity index (χ2n) is 5.92. The summed E-state index contributed by atoms with van der Waals surface area (Å²) in [5, 5.41) is 1.76. The van der Waals surface area contributed by atoms with Gasteiger partial charge in [-0.3, -0.25) is 4.79 Å². The van der Waals surface area contributed by atoms with E-state index in [-0.39, 0.29) is 13.0 Å². The van der Waals surface area contributed by atoms with Crippen molar-refractivity contribution in [2.24, 2.45) is 0 Å². The number of rotatable bonds is 3. The van der Waals surface area contributed by atoms with E-state index in [1.165, 1.54) is 6.07 Å². The molecule has 1 unspecified atom stereocenters. The van der Waals surface area contributed by atoms with Gasteiger partial charge in [0.05, 0.1) is 22.5 Å². The standard InChI is InChI=1S/C17H12F8N2O/c1-15(19,17(23,24)25)8-5-6-12(10(7-8)16(20,21)22)27-14(28)9-3-2-4-11(26)13(9)18/h2-7H,26H2,1H3,(H,27,28). The van der Waals surface area contributed by atoms with Crippen molar-refractivity contribution in [3.8, 4) is 0 Å². The molecule has 1 amide bonds. The largest absolute Gasteiger partial charge is 0.426 e. The molecule has 2 aromatic carbocycles.